The van der Waals surface area contributed by atoms with Crippen LogP contribution < -0.4 is 20.2 Å². The lowest BCUT2D eigenvalue weighted by molar-refractivity contribution is -0.122. The number of fused-ring (bicyclic) bond motifs is 2. The third-order valence-electron chi connectivity index (χ3n) is 7.68. The molecule has 1 saturated heterocycles. The highest BCUT2D eigenvalue weighted by Crippen LogP contribution is 2.53. The highest BCUT2D eigenvalue weighted by molar-refractivity contribution is 8.00. The van der Waals surface area contributed by atoms with Crippen LogP contribution in [0.5, 0.6) is 0 Å². The maximum Gasteiger partial charge on any atom is 0.338 e. The van der Waals surface area contributed by atoms with Gasteiger partial charge in [0.15, 0.2) is 0 Å². The van der Waals surface area contributed by atoms with Crippen molar-refractivity contribution in [3.05, 3.63) is 104 Å². The lowest BCUT2D eigenvalue weighted by Crippen LogP contribution is -2.33. The minimum Gasteiger partial charge on any atom is -0.462 e. The molecule has 3 heterocycles. The second-order valence-electron chi connectivity index (χ2n) is 10.6. The Kier molecular flexibility index (Phi) is 8.61. The largest absolute Gasteiger partial charge is 0.462 e. The molecule has 6 rings (SSSR count). The maximum atomic E-state index is 14.0. The molecule has 12 nitrogen and oxygen atoms in total. The molecule has 242 valence electrons. The molecule has 3 N–H and O–H groups in total. The monoisotopic (exact) mass is 696 g/mol. The number of amides is 3. The van der Waals surface area contributed by atoms with E-state index in [1.165, 1.54) is 77.4 Å². The number of carbonyl (C=O) groups is 4. The first-order valence-electron chi connectivity index (χ1n) is 14.1. The van der Waals surface area contributed by atoms with E-state index in [9.17, 15) is 36.8 Å². The van der Waals surface area contributed by atoms with E-state index in [-0.39, 0.29) is 28.4 Å². The molecule has 4 aromatic rings. The van der Waals surface area contributed by atoms with Gasteiger partial charge in [-0.2, -0.15) is 0 Å². The summed E-state index contributed by atoms with van der Waals surface area (Å²) in [6.45, 7) is 1.41. The third kappa shape index (κ3) is 6.12. The number of sulfonamides is 1. The van der Waals surface area contributed by atoms with Gasteiger partial charge in [-0.3, -0.25) is 23.7 Å². The van der Waals surface area contributed by atoms with Crippen LogP contribution in [0.1, 0.15) is 33.6 Å². The van der Waals surface area contributed by atoms with E-state index in [2.05, 4.69) is 5.32 Å². The highest BCUT2D eigenvalue weighted by Gasteiger charge is 2.56. The van der Waals surface area contributed by atoms with Gasteiger partial charge in [0, 0.05) is 16.5 Å². The van der Waals surface area contributed by atoms with Gasteiger partial charge in [-0.1, -0.05) is 35.2 Å². The fraction of sp³-hybridized carbons (Fsp3) is 0.194. The fourth-order valence-electron chi connectivity index (χ4n) is 5.57. The Bertz CT molecular complexity index is 2080. The molecular formula is C31H25FN4O8S3. The van der Waals surface area contributed by atoms with Crippen LogP contribution in [-0.4, -0.2) is 48.5 Å². The molecule has 2 aliphatic heterocycles. The lowest BCUT2D eigenvalue weighted by Gasteiger charge is -2.30. The minimum atomic E-state index is -3.93. The van der Waals surface area contributed by atoms with Crippen molar-refractivity contribution >= 4 is 68.2 Å². The van der Waals surface area contributed by atoms with E-state index < -0.39 is 68.0 Å². The second-order valence-corrected chi connectivity index (χ2v) is 14.3. The van der Waals surface area contributed by atoms with E-state index in [1.807, 2.05) is 0 Å². The number of thiazole rings is 1. The van der Waals surface area contributed by atoms with E-state index in [0.717, 1.165) is 28.0 Å². The van der Waals surface area contributed by atoms with Gasteiger partial charge in [0.05, 0.1) is 33.7 Å². The van der Waals surface area contributed by atoms with Crippen molar-refractivity contribution in [1.29, 1.82) is 0 Å². The van der Waals surface area contributed by atoms with Gasteiger partial charge in [0.2, 0.25) is 27.7 Å². The Labute approximate surface area is 275 Å². The summed E-state index contributed by atoms with van der Waals surface area (Å²) >= 11 is 1.84. The molecule has 0 unspecified atom stereocenters. The first-order valence-corrected chi connectivity index (χ1v) is 17.3. The Hall–Kier alpha value is -4.64. The molecule has 3 amide bonds. The van der Waals surface area contributed by atoms with Crippen LogP contribution in [0.25, 0.3) is 0 Å². The van der Waals surface area contributed by atoms with E-state index >= 15 is 0 Å². The van der Waals surface area contributed by atoms with Crippen molar-refractivity contribution in [3.8, 4) is 0 Å². The quantitative estimate of drug-likeness (QED) is 0.207. The van der Waals surface area contributed by atoms with Crippen molar-refractivity contribution in [2.75, 3.05) is 16.8 Å². The molecule has 0 saturated carbocycles. The molecule has 2 aliphatic rings. The van der Waals surface area contributed by atoms with Crippen LogP contribution in [0.15, 0.2) is 87.5 Å². The molecule has 0 radical (unpaired) electrons. The summed E-state index contributed by atoms with van der Waals surface area (Å²) in [4.78, 5) is 67.3. The van der Waals surface area contributed by atoms with Gasteiger partial charge in [-0.25, -0.2) is 27.6 Å². The van der Waals surface area contributed by atoms with Gasteiger partial charge in [0.1, 0.15) is 17.6 Å². The van der Waals surface area contributed by atoms with Crippen molar-refractivity contribution in [2.24, 2.45) is 11.1 Å². The number of aromatic nitrogens is 1. The Balaban J connectivity index is 1.34. The van der Waals surface area contributed by atoms with Crippen LogP contribution in [0.2, 0.25) is 0 Å². The number of ether oxygens (including phenoxy) is 1. The molecule has 0 spiro atoms. The number of imide groups is 1. The van der Waals surface area contributed by atoms with Crippen molar-refractivity contribution in [1.82, 2.24) is 4.57 Å². The van der Waals surface area contributed by atoms with Crippen LogP contribution >= 0.6 is 23.1 Å². The van der Waals surface area contributed by atoms with Crippen molar-refractivity contribution in [3.63, 3.8) is 0 Å². The summed E-state index contributed by atoms with van der Waals surface area (Å²) < 4.78 is 43.3. The number of anilines is 2. The summed E-state index contributed by atoms with van der Waals surface area (Å²) in [5, 5.41) is 7.08. The van der Waals surface area contributed by atoms with Crippen LogP contribution in [0, 0.1) is 11.7 Å². The topological polar surface area (TPSA) is 175 Å². The summed E-state index contributed by atoms with van der Waals surface area (Å²) in [5.74, 6) is -4.48. The van der Waals surface area contributed by atoms with Gasteiger partial charge in [-0.15, -0.1) is 0 Å². The zero-order chi connectivity index (χ0) is 33.6. The molecule has 3 atom stereocenters. The van der Waals surface area contributed by atoms with Gasteiger partial charge in [-0.05, 0) is 73.2 Å². The van der Waals surface area contributed by atoms with Gasteiger partial charge < -0.3 is 10.1 Å². The predicted molar refractivity (Wildman–Crippen MR) is 171 cm³/mol. The molecule has 3 aromatic carbocycles. The second kappa shape index (κ2) is 12.5. The van der Waals surface area contributed by atoms with Crippen LogP contribution in [-0.2, 0) is 35.7 Å². The van der Waals surface area contributed by atoms with Crippen LogP contribution in [0.4, 0.5) is 15.8 Å². The molecule has 0 aliphatic carbocycles. The lowest BCUT2D eigenvalue weighted by atomic mass is 9.83. The van der Waals surface area contributed by atoms with E-state index in [4.69, 9.17) is 9.88 Å². The Morgan fingerprint density at radius 3 is 2.23 bits per heavy atom. The molecule has 1 aromatic heterocycles. The SMILES string of the molecule is CCOC(=O)c1ccc(N2C(=O)[C@H]3[C@H](c4ccc(F)cc4)c4sc(=O)n(CC(=O)Nc5ccc(S(N)(=O)=O)cc5)c4S[C@H]3C2=O)cc1. The normalized spacial score (nSPS) is 18.9. The summed E-state index contributed by atoms with van der Waals surface area (Å²) in [6, 6.07) is 16.5. The molecule has 16 heteroatoms. The minimum absolute atomic E-state index is 0.142. The first kappa shape index (κ1) is 32.3. The highest BCUT2D eigenvalue weighted by atomic mass is 32.2. The zero-order valence-electron chi connectivity index (χ0n) is 24.4. The number of halogens is 1. The van der Waals surface area contributed by atoms with Gasteiger partial charge in [0.25, 0.3) is 0 Å². The van der Waals surface area contributed by atoms with Crippen molar-refractivity contribution < 1.29 is 36.7 Å². The van der Waals surface area contributed by atoms with Crippen molar-refractivity contribution in [2.45, 2.75) is 34.6 Å². The zero-order valence-corrected chi connectivity index (χ0v) is 26.9. The molecule has 1 fully saturated rings. The van der Waals surface area contributed by atoms with Gasteiger partial charge >= 0.3 is 10.8 Å². The number of nitrogens with zero attached hydrogens (tertiary/aromatic N) is 2. The first-order chi connectivity index (χ1) is 22.4. The number of nitrogens with two attached hydrogens (primary N) is 1. The Morgan fingerprint density at radius 1 is 0.957 bits per heavy atom. The molecular weight excluding hydrogens is 672 g/mol. The smallest absolute Gasteiger partial charge is 0.338 e. The number of hydrogen-bond acceptors (Lipinski definition) is 10. The molecule has 0 bridgehead atoms. The number of primary sulfonamides is 1. The van der Waals surface area contributed by atoms with E-state index in [1.54, 1.807) is 6.92 Å². The number of hydrogen-bond donors (Lipinski definition) is 2. The Morgan fingerprint density at radius 2 is 1.62 bits per heavy atom. The fourth-order valence-corrected chi connectivity index (χ4v) is 8.86. The van der Waals surface area contributed by atoms with E-state index in [0.29, 0.717) is 15.5 Å². The number of benzene rings is 3. The number of rotatable bonds is 8. The molecule has 47 heavy (non-hydrogen) atoms. The number of esters is 1. The average Bonchev–Trinajstić information content (AvgIpc) is 3.47. The predicted octanol–water partition coefficient (Wildman–Crippen LogP) is 3.31. The number of carbonyl (C=O) groups excluding carboxylic acids is 4. The maximum absolute atomic E-state index is 14.0. The average molecular weight is 697 g/mol. The standard InChI is InChI=1S/C31H25FN4O8S3/c1-2-44-30(40)17-5-11-20(12-6-17)36-27(38)24-23(16-3-7-18(32)8-4-16)26-29(45-25(24)28(36)39)35(31(41)46-26)15-22(37)34-19-9-13-21(14-10-19)47(33,42)43/h3-14,23-25H,2,15H2,1H3,(H,34,37)(H2,33,42,43)/t23-,24-,25+/m0/s1. The third-order valence-corrected chi connectivity index (χ3v) is 11.2. The van der Waals surface area contributed by atoms with Crippen LogP contribution in [0.3, 0.4) is 0 Å². The number of nitrogens with one attached hydrogen (secondary N) is 1. The summed E-state index contributed by atoms with van der Waals surface area (Å²) in [6.07, 6.45) is 0. The number of thioether (sulfide) groups is 1. The summed E-state index contributed by atoms with van der Waals surface area (Å²) in [5.41, 5.74) is 1.26. The summed E-state index contributed by atoms with van der Waals surface area (Å²) in [7, 11) is -3.93.